The molecule has 136 valence electrons. The Bertz CT molecular complexity index is 1170. The van der Waals surface area contributed by atoms with Gasteiger partial charge in [-0.15, -0.1) is 10.2 Å². The highest BCUT2D eigenvalue weighted by molar-refractivity contribution is 8.00. The molecule has 0 spiro atoms. The third-order valence-corrected chi connectivity index (χ3v) is 5.76. The van der Waals surface area contributed by atoms with Crippen molar-refractivity contribution in [2.45, 2.75) is 17.0 Å². The van der Waals surface area contributed by atoms with E-state index in [0.717, 1.165) is 10.0 Å². The van der Waals surface area contributed by atoms with Gasteiger partial charge in [-0.1, -0.05) is 35.2 Å². The summed E-state index contributed by atoms with van der Waals surface area (Å²) >= 11 is 2.81. The zero-order chi connectivity index (χ0) is 18.8. The number of fused-ring (bicyclic) bond motifs is 1. The van der Waals surface area contributed by atoms with Crippen molar-refractivity contribution >= 4 is 39.6 Å². The minimum atomic E-state index is -0.317. The highest BCUT2D eigenvalue weighted by Crippen LogP contribution is 2.29. The number of aryl methyl sites for hydroxylation is 1. The lowest BCUT2D eigenvalue weighted by molar-refractivity contribution is 0.628. The Morgan fingerprint density at radius 1 is 1.19 bits per heavy atom. The molecule has 3 heterocycles. The van der Waals surface area contributed by atoms with Gasteiger partial charge in [0.05, 0.1) is 5.69 Å². The lowest BCUT2D eigenvalue weighted by Gasteiger charge is -2.05. The second-order valence-corrected chi connectivity index (χ2v) is 7.94. The first-order valence-electron chi connectivity index (χ1n) is 8.06. The zero-order valence-corrected chi connectivity index (χ0v) is 15.9. The van der Waals surface area contributed by atoms with Gasteiger partial charge < -0.3 is 5.32 Å². The summed E-state index contributed by atoms with van der Waals surface area (Å²) in [6, 6.07) is 13.3. The molecule has 4 aromatic rings. The maximum Gasteiger partial charge on any atom is 0.258 e. The number of hydrogen-bond acceptors (Lipinski definition) is 7. The number of rotatable bonds is 5. The number of nitrogens with zero attached hydrogens (tertiary/aromatic N) is 4. The van der Waals surface area contributed by atoms with Crippen LogP contribution in [-0.4, -0.2) is 19.6 Å². The van der Waals surface area contributed by atoms with Crippen molar-refractivity contribution in [3.63, 3.8) is 0 Å². The van der Waals surface area contributed by atoms with Crippen molar-refractivity contribution in [1.29, 1.82) is 0 Å². The van der Waals surface area contributed by atoms with Gasteiger partial charge in [-0.25, -0.2) is 9.37 Å². The molecular weight excluding hydrogens is 385 g/mol. The number of nitrogens with one attached hydrogen (secondary N) is 1. The van der Waals surface area contributed by atoms with Gasteiger partial charge in [0, 0.05) is 23.2 Å². The average molecular weight is 399 g/mol. The highest BCUT2D eigenvalue weighted by atomic mass is 32.2. The van der Waals surface area contributed by atoms with Crippen LogP contribution in [0.15, 0.2) is 57.7 Å². The van der Waals surface area contributed by atoms with Crippen molar-refractivity contribution in [3.8, 4) is 0 Å². The molecule has 4 rings (SSSR count). The Kier molecular flexibility index (Phi) is 4.87. The number of anilines is 2. The van der Waals surface area contributed by atoms with Crippen molar-refractivity contribution < 1.29 is 4.39 Å². The van der Waals surface area contributed by atoms with Gasteiger partial charge in [-0.2, -0.15) is 0 Å². The van der Waals surface area contributed by atoms with Crippen LogP contribution in [0.3, 0.4) is 0 Å². The standard InChI is InChI=1S/C18H14FN5OS2/c1-11-4-2-7-15-20-14(9-16(25)24(11)15)10-26-18-23-22-17(27-18)21-13-6-3-5-12(19)8-13/h2-9H,10H2,1H3,(H,21,22). The first kappa shape index (κ1) is 17.6. The van der Waals surface area contributed by atoms with Gasteiger partial charge in [0.2, 0.25) is 5.13 Å². The van der Waals surface area contributed by atoms with Crippen LogP contribution < -0.4 is 10.9 Å². The predicted molar refractivity (Wildman–Crippen MR) is 105 cm³/mol. The third-order valence-electron chi connectivity index (χ3n) is 3.76. The summed E-state index contributed by atoms with van der Waals surface area (Å²) < 4.78 is 15.6. The third kappa shape index (κ3) is 3.99. The Balaban J connectivity index is 1.47. The summed E-state index contributed by atoms with van der Waals surface area (Å²) in [4.78, 5) is 16.9. The average Bonchev–Trinajstić information content (AvgIpc) is 3.07. The van der Waals surface area contributed by atoms with Gasteiger partial charge in [-0.3, -0.25) is 9.20 Å². The molecular formula is C18H14FN5OS2. The van der Waals surface area contributed by atoms with E-state index in [0.29, 0.717) is 27.9 Å². The van der Waals surface area contributed by atoms with Crippen molar-refractivity contribution in [2.24, 2.45) is 0 Å². The van der Waals surface area contributed by atoms with Crippen LogP contribution in [0.1, 0.15) is 11.4 Å². The van der Waals surface area contributed by atoms with Crippen LogP contribution in [0.25, 0.3) is 5.65 Å². The Morgan fingerprint density at radius 2 is 2.04 bits per heavy atom. The van der Waals surface area contributed by atoms with E-state index in [4.69, 9.17) is 0 Å². The van der Waals surface area contributed by atoms with Crippen LogP contribution in [0.2, 0.25) is 0 Å². The minimum Gasteiger partial charge on any atom is -0.330 e. The summed E-state index contributed by atoms with van der Waals surface area (Å²) in [5, 5.41) is 11.8. The molecule has 0 aliphatic carbocycles. The van der Waals surface area contributed by atoms with Crippen molar-refractivity contribution in [2.75, 3.05) is 5.32 Å². The van der Waals surface area contributed by atoms with Crippen LogP contribution in [0.5, 0.6) is 0 Å². The van der Waals surface area contributed by atoms with Gasteiger partial charge in [0.15, 0.2) is 4.34 Å². The SMILES string of the molecule is Cc1cccc2nc(CSc3nnc(Nc4cccc(F)c4)s3)cc(=O)n12. The fraction of sp³-hybridized carbons (Fsp3) is 0.111. The molecule has 0 aliphatic heterocycles. The fourth-order valence-electron chi connectivity index (χ4n) is 2.58. The largest absolute Gasteiger partial charge is 0.330 e. The van der Waals surface area contributed by atoms with Crippen molar-refractivity contribution in [1.82, 2.24) is 19.6 Å². The maximum absolute atomic E-state index is 13.2. The zero-order valence-electron chi connectivity index (χ0n) is 14.2. The summed E-state index contributed by atoms with van der Waals surface area (Å²) in [7, 11) is 0. The topological polar surface area (TPSA) is 72.2 Å². The molecule has 0 saturated heterocycles. The molecule has 27 heavy (non-hydrogen) atoms. The Labute approximate surface area is 162 Å². The Morgan fingerprint density at radius 3 is 2.89 bits per heavy atom. The molecule has 0 amide bonds. The van der Waals surface area contributed by atoms with E-state index in [1.165, 1.54) is 35.2 Å². The number of aromatic nitrogens is 4. The number of halogens is 1. The van der Waals surface area contributed by atoms with Crippen LogP contribution in [0.4, 0.5) is 15.2 Å². The van der Waals surface area contributed by atoms with Gasteiger partial charge in [0.1, 0.15) is 11.5 Å². The van der Waals surface area contributed by atoms with Crippen molar-refractivity contribution in [3.05, 3.63) is 76.1 Å². The molecule has 1 aromatic carbocycles. The molecule has 3 aromatic heterocycles. The second-order valence-electron chi connectivity index (χ2n) is 5.74. The van der Waals surface area contributed by atoms with Crippen LogP contribution in [0, 0.1) is 12.7 Å². The van der Waals surface area contributed by atoms with E-state index in [-0.39, 0.29) is 11.4 Å². The highest BCUT2D eigenvalue weighted by Gasteiger charge is 2.09. The van der Waals surface area contributed by atoms with E-state index >= 15 is 0 Å². The van der Waals surface area contributed by atoms with Gasteiger partial charge >= 0.3 is 0 Å². The van der Waals surface area contributed by atoms with E-state index in [9.17, 15) is 9.18 Å². The molecule has 0 saturated carbocycles. The second kappa shape index (κ2) is 7.45. The number of benzene rings is 1. The van der Waals surface area contributed by atoms with Gasteiger partial charge in [-0.05, 0) is 37.3 Å². The van der Waals surface area contributed by atoms with Gasteiger partial charge in [0.25, 0.3) is 5.56 Å². The maximum atomic E-state index is 13.2. The van der Waals surface area contributed by atoms with Crippen LogP contribution in [-0.2, 0) is 5.75 Å². The molecule has 6 nitrogen and oxygen atoms in total. The molecule has 0 atom stereocenters. The molecule has 0 radical (unpaired) electrons. The summed E-state index contributed by atoms with van der Waals surface area (Å²) in [6.45, 7) is 1.87. The molecule has 1 N–H and O–H groups in total. The Hall–Kier alpha value is -2.78. The molecule has 9 heteroatoms. The molecule has 0 bridgehead atoms. The lowest BCUT2D eigenvalue weighted by atomic mass is 10.3. The fourth-order valence-corrected chi connectivity index (χ4v) is 4.25. The first-order chi connectivity index (χ1) is 13.1. The first-order valence-corrected chi connectivity index (χ1v) is 9.86. The number of thioether (sulfide) groups is 1. The summed E-state index contributed by atoms with van der Waals surface area (Å²) in [6.07, 6.45) is 0. The van der Waals surface area contributed by atoms with E-state index in [2.05, 4.69) is 20.5 Å². The van der Waals surface area contributed by atoms with E-state index in [1.807, 2.05) is 25.1 Å². The van der Waals surface area contributed by atoms with E-state index < -0.39 is 0 Å². The molecule has 0 aliphatic rings. The lowest BCUT2D eigenvalue weighted by Crippen LogP contribution is -2.17. The number of hydrogen-bond donors (Lipinski definition) is 1. The quantitative estimate of drug-likeness (QED) is 0.511. The number of pyridine rings is 1. The summed E-state index contributed by atoms with van der Waals surface area (Å²) in [5.74, 6) is 0.192. The molecule has 0 fully saturated rings. The smallest absolute Gasteiger partial charge is 0.258 e. The normalized spacial score (nSPS) is 11.0. The summed E-state index contributed by atoms with van der Waals surface area (Å²) in [5.41, 5.74) is 2.68. The minimum absolute atomic E-state index is 0.0978. The molecule has 0 unspecified atom stereocenters. The monoisotopic (exact) mass is 399 g/mol. The predicted octanol–water partition coefficient (Wildman–Crippen LogP) is 4.03. The van der Waals surface area contributed by atoms with E-state index in [1.54, 1.807) is 22.6 Å². The van der Waals surface area contributed by atoms with Crippen LogP contribution >= 0.6 is 23.1 Å².